The van der Waals surface area contributed by atoms with Gasteiger partial charge in [0.05, 0.1) is 31.7 Å². The van der Waals surface area contributed by atoms with Gasteiger partial charge in [-0.2, -0.15) is 0 Å². The average molecular weight is 382 g/mol. The molecule has 0 radical (unpaired) electrons. The summed E-state index contributed by atoms with van der Waals surface area (Å²) in [4.78, 5) is 25.2. The van der Waals surface area contributed by atoms with E-state index in [4.69, 9.17) is 9.47 Å². The summed E-state index contributed by atoms with van der Waals surface area (Å²) in [6.07, 6.45) is 0.542. The lowest BCUT2D eigenvalue weighted by Crippen LogP contribution is -2.21. The largest absolute Gasteiger partial charge is 0.497 e. The molecule has 1 saturated carbocycles. The third-order valence-corrected chi connectivity index (χ3v) is 5.06. The Balaban J connectivity index is 1.64. The highest BCUT2D eigenvalue weighted by molar-refractivity contribution is 6.04. The maximum absolute atomic E-state index is 12.6. The number of methoxy groups -OCH3 is 2. The highest BCUT2D eigenvalue weighted by Gasteiger charge is 2.48. The SMILES string of the molecule is COc1ccc(NC(=O)C2CC2C(=O)Nc2c(C)cc(C)cc2C)c(OC)c1. The van der Waals surface area contributed by atoms with Gasteiger partial charge in [0.1, 0.15) is 11.5 Å². The third-order valence-electron chi connectivity index (χ3n) is 5.06. The first-order valence-corrected chi connectivity index (χ1v) is 9.25. The van der Waals surface area contributed by atoms with Gasteiger partial charge in [0.2, 0.25) is 11.8 Å². The lowest BCUT2D eigenvalue weighted by molar-refractivity contribution is -0.122. The van der Waals surface area contributed by atoms with Crippen molar-refractivity contribution in [2.24, 2.45) is 11.8 Å². The lowest BCUT2D eigenvalue weighted by Gasteiger charge is -2.13. The summed E-state index contributed by atoms with van der Waals surface area (Å²) in [7, 11) is 3.10. The molecule has 2 aromatic rings. The maximum Gasteiger partial charge on any atom is 0.228 e. The Hall–Kier alpha value is -3.02. The predicted octanol–water partition coefficient (Wildman–Crippen LogP) is 3.84. The van der Waals surface area contributed by atoms with Crippen LogP contribution >= 0.6 is 0 Å². The Bertz CT molecular complexity index is 900. The predicted molar refractivity (Wildman–Crippen MR) is 109 cm³/mol. The Labute approximate surface area is 165 Å². The van der Waals surface area contributed by atoms with Crippen LogP contribution in [-0.4, -0.2) is 26.0 Å². The lowest BCUT2D eigenvalue weighted by atomic mass is 10.0. The number of hydrogen-bond donors (Lipinski definition) is 2. The summed E-state index contributed by atoms with van der Waals surface area (Å²) in [6.45, 7) is 5.98. The Morgan fingerprint density at radius 1 is 0.893 bits per heavy atom. The average Bonchev–Trinajstić information content (AvgIpc) is 3.45. The van der Waals surface area contributed by atoms with E-state index in [2.05, 4.69) is 10.6 Å². The molecule has 28 heavy (non-hydrogen) atoms. The van der Waals surface area contributed by atoms with Crippen molar-refractivity contribution >= 4 is 23.2 Å². The minimum atomic E-state index is -0.335. The molecule has 2 unspecified atom stereocenters. The van der Waals surface area contributed by atoms with Crippen molar-refractivity contribution in [2.45, 2.75) is 27.2 Å². The summed E-state index contributed by atoms with van der Waals surface area (Å²) < 4.78 is 10.5. The number of carbonyl (C=O) groups excluding carboxylic acids is 2. The van der Waals surface area contributed by atoms with Crippen molar-refractivity contribution in [1.29, 1.82) is 0 Å². The molecule has 2 atom stereocenters. The molecule has 1 aliphatic carbocycles. The third kappa shape index (κ3) is 4.11. The molecular formula is C22H26N2O4. The molecule has 0 aromatic heterocycles. The smallest absolute Gasteiger partial charge is 0.228 e. The Morgan fingerprint density at radius 3 is 2.07 bits per heavy atom. The number of amides is 2. The molecule has 0 spiro atoms. The second-order valence-electron chi connectivity index (χ2n) is 7.27. The molecule has 6 nitrogen and oxygen atoms in total. The zero-order valence-electron chi connectivity index (χ0n) is 16.9. The van der Waals surface area contributed by atoms with E-state index < -0.39 is 0 Å². The van der Waals surface area contributed by atoms with Crippen LogP contribution in [0.15, 0.2) is 30.3 Å². The van der Waals surface area contributed by atoms with Gasteiger partial charge < -0.3 is 20.1 Å². The molecule has 1 fully saturated rings. The molecule has 0 bridgehead atoms. The van der Waals surface area contributed by atoms with Crippen molar-refractivity contribution in [1.82, 2.24) is 0 Å². The van der Waals surface area contributed by atoms with E-state index in [1.54, 1.807) is 25.3 Å². The molecule has 0 saturated heterocycles. The zero-order chi connectivity index (χ0) is 20.4. The number of benzene rings is 2. The maximum atomic E-state index is 12.6. The first kappa shape index (κ1) is 19.7. The number of anilines is 2. The van der Waals surface area contributed by atoms with Gasteiger partial charge in [-0.15, -0.1) is 0 Å². The molecule has 2 N–H and O–H groups in total. The number of rotatable bonds is 6. The van der Waals surface area contributed by atoms with Gasteiger partial charge in [0.25, 0.3) is 0 Å². The van der Waals surface area contributed by atoms with Crippen LogP contribution in [0.2, 0.25) is 0 Å². The minimum absolute atomic E-state index is 0.114. The van der Waals surface area contributed by atoms with Gasteiger partial charge in [-0.3, -0.25) is 9.59 Å². The fourth-order valence-electron chi connectivity index (χ4n) is 3.49. The first-order chi connectivity index (χ1) is 13.3. The van der Waals surface area contributed by atoms with Gasteiger partial charge in [-0.25, -0.2) is 0 Å². The second kappa shape index (κ2) is 7.92. The van der Waals surface area contributed by atoms with Crippen molar-refractivity contribution in [3.63, 3.8) is 0 Å². The van der Waals surface area contributed by atoms with Gasteiger partial charge in [0, 0.05) is 11.8 Å². The van der Waals surface area contributed by atoms with Gasteiger partial charge in [-0.1, -0.05) is 17.7 Å². The van der Waals surface area contributed by atoms with E-state index in [1.165, 1.54) is 7.11 Å². The summed E-state index contributed by atoms with van der Waals surface area (Å²) in [5, 5.41) is 5.85. The van der Waals surface area contributed by atoms with Gasteiger partial charge in [-0.05, 0) is 50.5 Å². The molecular weight excluding hydrogens is 356 g/mol. The van der Waals surface area contributed by atoms with Crippen LogP contribution in [0.25, 0.3) is 0 Å². The van der Waals surface area contributed by atoms with E-state index in [0.29, 0.717) is 23.6 Å². The van der Waals surface area contributed by atoms with E-state index >= 15 is 0 Å². The first-order valence-electron chi connectivity index (χ1n) is 9.25. The van der Waals surface area contributed by atoms with Crippen LogP contribution in [0, 0.1) is 32.6 Å². The van der Waals surface area contributed by atoms with Crippen molar-refractivity contribution in [3.8, 4) is 11.5 Å². The fourth-order valence-corrected chi connectivity index (χ4v) is 3.49. The molecule has 148 valence electrons. The second-order valence-corrected chi connectivity index (χ2v) is 7.27. The zero-order valence-corrected chi connectivity index (χ0v) is 16.9. The summed E-state index contributed by atoms with van der Waals surface area (Å²) >= 11 is 0. The quantitative estimate of drug-likeness (QED) is 0.796. The van der Waals surface area contributed by atoms with E-state index in [0.717, 1.165) is 22.4 Å². The normalized spacial score (nSPS) is 17.6. The van der Waals surface area contributed by atoms with Crippen LogP contribution in [-0.2, 0) is 9.59 Å². The van der Waals surface area contributed by atoms with Crippen molar-refractivity contribution < 1.29 is 19.1 Å². The summed E-state index contributed by atoms with van der Waals surface area (Å²) in [5.74, 6) is 0.211. The Morgan fingerprint density at radius 2 is 1.50 bits per heavy atom. The number of nitrogens with one attached hydrogen (secondary N) is 2. The van der Waals surface area contributed by atoms with E-state index in [1.807, 2.05) is 32.9 Å². The molecule has 0 aliphatic heterocycles. The molecule has 0 heterocycles. The number of hydrogen-bond acceptors (Lipinski definition) is 4. The van der Waals surface area contributed by atoms with Gasteiger partial charge in [0.15, 0.2) is 0 Å². The highest BCUT2D eigenvalue weighted by atomic mass is 16.5. The molecule has 3 rings (SSSR count). The van der Waals surface area contributed by atoms with Crippen molar-refractivity contribution in [3.05, 3.63) is 47.0 Å². The van der Waals surface area contributed by atoms with Crippen LogP contribution in [0.1, 0.15) is 23.1 Å². The molecule has 2 aromatic carbocycles. The number of ether oxygens (including phenoxy) is 2. The minimum Gasteiger partial charge on any atom is -0.497 e. The molecule has 1 aliphatic rings. The fraction of sp³-hybridized carbons (Fsp3) is 0.364. The summed E-state index contributed by atoms with van der Waals surface area (Å²) in [5.41, 5.74) is 4.60. The molecule has 2 amide bonds. The Kier molecular flexibility index (Phi) is 5.58. The monoisotopic (exact) mass is 382 g/mol. The summed E-state index contributed by atoms with van der Waals surface area (Å²) in [6, 6.07) is 9.26. The standard InChI is InChI=1S/C22H26N2O4/c1-12-8-13(2)20(14(3)9-12)24-22(26)17-11-16(17)21(25)23-18-7-6-15(27-4)10-19(18)28-5/h6-10,16-17H,11H2,1-5H3,(H,23,25)(H,24,26). The number of aryl methyl sites for hydroxylation is 3. The molecule has 6 heteroatoms. The highest BCUT2D eigenvalue weighted by Crippen LogP contribution is 2.41. The van der Waals surface area contributed by atoms with Crippen LogP contribution in [0.5, 0.6) is 11.5 Å². The number of carbonyl (C=O) groups is 2. The van der Waals surface area contributed by atoms with Crippen LogP contribution in [0.3, 0.4) is 0 Å². The van der Waals surface area contributed by atoms with E-state index in [9.17, 15) is 9.59 Å². The van der Waals surface area contributed by atoms with Crippen LogP contribution < -0.4 is 20.1 Å². The topological polar surface area (TPSA) is 76.7 Å². The van der Waals surface area contributed by atoms with E-state index in [-0.39, 0.29) is 23.7 Å². The van der Waals surface area contributed by atoms with Crippen LogP contribution in [0.4, 0.5) is 11.4 Å². The van der Waals surface area contributed by atoms with Gasteiger partial charge >= 0.3 is 0 Å². The van der Waals surface area contributed by atoms with Crippen molar-refractivity contribution in [2.75, 3.05) is 24.9 Å².